The van der Waals surface area contributed by atoms with Crippen molar-refractivity contribution in [2.45, 2.75) is 31.9 Å². The van der Waals surface area contributed by atoms with Gasteiger partial charge in [0.15, 0.2) is 0 Å². The van der Waals surface area contributed by atoms with E-state index in [1.165, 1.54) is 19.3 Å². The van der Waals surface area contributed by atoms with Crippen LogP contribution in [0.15, 0.2) is 24.3 Å². The molecule has 5 heteroatoms. The standard InChI is InChI=1S/C13H18F2N2O/c14-13(15)18-12-6-4-10(5-7-12)17-9-11-3-1-2-8-16-11/h4-7,11,13,16-17H,1-3,8-9H2. The first-order valence-electron chi connectivity index (χ1n) is 6.26. The van der Waals surface area contributed by atoms with E-state index in [2.05, 4.69) is 15.4 Å². The number of benzene rings is 1. The zero-order valence-corrected chi connectivity index (χ0v) is 10.2. The highest BCUT2D eigenvalue weighted by atomic mass is 19.3. The van der Waals surface area contributed by atoms with Gasteiger partial charge >= 0.3 is 6.61 Å². The van der Waals surface area contributed by atoms with Crippen molar-refractivity contribution in [2.24, 2.45) is 0 Å². The first kappa shape index (κ1) is 13.1. The van der Waals surface area contributed by atoms with Crippen LogP contribution in [0.2, 0.25) is 0 Å². The fraction of sp³-hybridized carbons (Fsp3) is 0.538. The van der Waals surface area contributed by atoms with Crippen molar-refractivity contribution in [1.82, 2.24) is 5.32 Å². The van der Waals surface area contributed by atoms with Crippen LogP contribution in [-0.4, -0.2) is 25.7 Å². The largest absolute Gasteiger partial charge is 0.435 e. The minimum absolute atomic E-state index is 0.186. The predicted molar refractivity (Wildman–Crippen MR) is 67.2 cm³/mol. The van der Waals surface area contributed by atoms with Crippen molar-refractivity contribution in [3.8, 4) is 5.75 Å². The van der Waals surface area contributed by atoms with E-state index in [1.807, 2.05) is 0 Å². The van der Waals surface area contributed by atoms with Crippen LogP contribution in [0.1, 0.15) is 19.3 Å². The Morgan fingerprint density at radius 1 is 1.28 bits per heavy atom. The van der Waals surface area contributed by atoms with E-state index in [0.717, 1.165) is 18.8 Å². The van der Waals surface area contributed by atoms with Gasteiger partial charge in [-0.1, -0.05) is 6.42 Å². The molecule has 0 aliphatic carbocycles. The summed E-state index contributed by atoms with van der Waals surface area (Å²) in [7, 11) is 0. The maximum absolute atomic E-state index is 12.0. The molecule has 0 radical (unpaired) electrons. The number of hydrogen-bond donors (Lipinski definition) is 2. The quantitative estimate of drug-likeness (QED) is 0.850. The van der Waals surface area contributed by atoms with Crippen molar-refractivity contribution in [3.63, 3.8) is 0 Å². The van der Waals surface area contributed by atoms with Gasteiger partial charge in [-0.25, -0.2) is 0 Å². The molecule has 0 aromatic heterocycles. The topological polar surface area (TPSA) is 33.3 Å². The Morgan fingerprint density at radius 2 is 2.06 bits per heavy atom. The summed E-state index contributed by atoms with van der Waals surface area (Å²) in [5.74, 6) is 0.186. The van der Waals surface area contributed by atoms with Gasteiger partial charge in [-0.15, -0.1) is 0 Å². The molecule has 2 rings (SSSR count). The van der Waals surface area contributed by atoms with E-state index in [-0.39, 0.29) is 5.75 Å². The Kier molecular flexibility index (Phi) is 4.75. The maximum atomic E-state index is 12.0. The van der Waals surface area contributed by atoms with Gasteiger partial charge in [0, 0.05) is 18.3 Å². The van der Waals surface area contributed by atoms with E-state index in [9.17, 15) is 8.78 Å². The molecule has 1 aromatic rings. The number of anilines is 1. The summed E-state index contributed by atoms with van der Waals surface area (Å²) in [5.41, 5.74) is 0.920. The molecule has 0 bridgehead atoms. The van der Waals surface area contributed by atoms with Gasteiger partial charge in [0.2, 0.25) is 0 Å². The Bertz CT molecular complexity index is 351. The minimum atomic E-state index is -2.77. The summed E-state index contributed by atoms with van der Waals surface area (Å²) in [6, 6.07) is 7.09. The summed E-state index contributed by atoms with van der Waals surface area (Å²) in [5, 5.41) is 6.73. The molecule has 1 aliphatic heterocycles. The van der Waals surface area contributed by atoms with Gasteiger partial charge in [-0.2, -0.15) is 8.78 Å². The minimum Gasteiger partial charge on any atom is -0.435 e. The Balaban J connectivity index is 1.78. The smallest absolute Gasteiger partial charge is 0.387 e. The highest BCUT2D eigenvalue weighted by Crippen LogP contribution is 2.18. The number of piperidine rings is 1. The Labute approximate surface area is 106 Å². The van der Waals surface area contributed by atoms with E-state index in [4.69, 9.17) is 0 Å². The first-order chi connectivity index (χ1) is 8.74. The van der Waals surface area contributed by atoms with Crippen LogP contribution in [0, 0.1) is 0 Å². The average Bonchev–Trinajstić information content (AvgIpc) is 2.38. The Hall–Kier alpha value is -1.36. The van der Waals surface area contributed by atoms with E-state index in [1.54, 1.807) is 24.3 Å². The number of rotatable bonds is 5. The normalized spacial score (nSPS) is 19.8. The molecule has 100 valence electrons. The second kappa shape index (κ2) is 6.54. The zero-order valence-electron chi connectivity index (χ0n) is 10.2. The van der Waals surface area contributed by atoms with Crippen LogP contribution in [0.4, 0.5) is 14.5 Å². The van der Waals surface area contributed by atoms with Gasteiger partial charge in [0.1, 0.15) is 5.75 Å². The lowest BCUT2D eigenvalue weighted by Gasteiger charge is -2.24. The number of halogens is 2. The molecule has 1 saturated heterocycles. The van der Waals surface area contributed by atoms with Crippen LogP contribution in [-0.2, 0) is 0 Å². The van der Waals surface area contributed by atoms with Gasteiger partial charge in [0.25, 0.3) is 0 Å². The summed E-state index contributed by atoms with van der Waals surface area (Å²) in [6.07, 6.45) is 3.69. The molecule has 3 nitrogen and oxygen atoms in total. The van der Waals surface area contributed by atoms with Gasteiger partial charge in [-0.05, 0) is 43.7 Å². The number of nitrogens with one attached hydrogen (secondary N) is 2. The fourth-order valence-corrected chi connectivity index (χ4v) is 2.09. The van der Waals surface area contributed by atoms with E-state index >= 15 is 0 Å². The number of hydrogen-bond acceptors (Lipinski definition) is 3. The molecular formula is C13H18F2N2O. The van der Waals surface area contributed by atoms with Gasteiger partial charge < -0.3 is 15.4 Å². The van der Waals surface area contributed by atoms with Gasteiger partial charge in [-0.3, -0.25) is 0 Å². The highest BCUT2D eigenvalue weighted by molar-refractivity contribution is 5.46. The molecule has 0 saturated carbocycles. The zero-order chi connectivity index (χ0) is 12.8. The molecule has 1 fully saturated rings. The van der Waals surface area contributed by atoms with Crippen LogP contribution in [0.5, 0.6) is 5.75 Å². The molecule has 1 heterocycles. The molecule has 1 aromatic carbocycles. The summed E-state index contributed by atoms with van der Waals surface area (Å²) < 4.78 is 28.2. The predicted octanol–water partition coefficient (Wildman–Crippen LogP) is 2.84. The molecule has 1 aliphatic rings. The third-order valence-corrected chi connectivity index (χ3v) is 3.04. The third kappa shape index (κ3) is 4.14. The summed E-state index contributed by atoms with van der Waals surface area (Å²) in [4.78, 5) is 0. The molecule has 0 amide bonds. The highest BCUT2D eigenvalue weighted by Gasteiger charge is 2.11. The average molecular weight is 256 g/mol. The molecule has 2 N–H and O–H groups in total. The fourth-order valence-electron chi connectivity index (χ4n) is 2.09. The molecular weight excluding hydrogens is 238 g/mol. The second-order valence-electron chi connectivity index (χ2n) is 4.43. The number of ether oxygens (including phenoxy) is 1. The van der Waals surface area contributed by atoms with E-state index < -0.39 is 6.61 Å². The van der Waals surface area contributed by atoms with Crippen LogP contribution >= 0.6 is 0 Å². The molecule has 1 unspecified atom stereocenters. The maximum Gasteiger partial charge on any atom is 0.387 e. The third-order valence-electron chi connectivity index (χ3n) is 3.04. The lowest BCUT2D eigenvalue weighted by molar-refractivity contribution is -0.0498. The van der Waals surface area contributed by atoms with Crippen molar-refractivity contribution in [2.75, 3.05) is 18.4 Å². The SMILES string of the molecule is FC(F)Oc1ccc(NCC2CCCCN2)cc1. The van der Waals surface area contributed by atoms with Gasteiger partial charge in [0.05, 0.1) is 0 Å². The molecule has 0 spiro atoms. The van der Waals surface area contributed by atoms with Crippen LogP contribution in [0.3, 0.4) is 0 Å². The second-order valence-corrected chi connectivity index (χ2v) is 4.43. The number of alkyl halides is 2. The lowest BCUT2D eigenvalue weighted by Crippen LogP contribution is -2.39. The van der Waals surface area contributed by atoms with E-state index in [0.29, 0.717) is 6.04 Å². The monoisotopic (exact) mass is 256 g/mol. The van der Waals surface area contributed by atoms with Crippen molar-refractivity contribution < 1.29 is 13.5 Å². The summed E-state index contributed by atoms with van der Waals surface area (Å²) in [6.45, 7) is -0.835. The van der Waals surface area contributed by atoms with Crippen molar-refractivity contribution in [3.05, 3.63) is 24.3 Å². The molecule has 18 heavy (non-hydrogen) atoms. The van der Waals surface area contributed by atoms with Crippen molar-refractivity contribution >= 4 is 5.69 Å². The Morgan fingerprint density at radius 3 is 2.67 bits per heavy atom. The molecule has 1 atom stereocenters. The van der Waals surface area contributed by atoms with Crippen LogP contribution in [0.25, 0.3) is 0 Å². The first-order valence-corrected chi connectivity index (χ1v) is 6.26. The van der Waals surface area contributed by atoms with Crippen LogP contribution < -0.4 is 15.4 Å². The van der Waals surface area contributed by atoms with Crippen molar-refractivity contribution in [1.29, 1.82) is 0 Å². The summed E-state index contributed by atoms with van der Waals surface area (Å²) >= 11 is 0. The lowest BCUT2D eigenvalue weighted by atomic mass is 10.1.